The van der Waals surface area contributed by atoms with Crippen molar-refractivity contribution in [1.29, 1.82) is 0 Å². The smallest absolute Gasteiger partial charge is 0.318 e. The van der Waals surface area contributed by atoms with Crippen molar-refractivity contribution in [2.75, 3.05) is 0 Å². The minimum atomic E-state index is -3.84. The number of imide groups is 1. The second kappa shape index (κ2) is 6.10. The molecule has 21 heavy (non-hydrogen) atoms. The summed E-state index contributed by atoms with van der Waals surface area (Å²) in [6.45, 7) is 4.55. The Morgan fingerprint density at radius 1 is 1.24 bits per heavy atom. The van der Waals surface area contributed by atoms with Gasteiger partial charge in [-0.3, -0.25) is 10.1 Å². The molecule has 8 nitrogen and oxygen atoms in total. The number of carbonyl (C=O) groups excluding carboxylic acids is 2. The standard InChI is InChI=1S/C12H17N3O5S/c1-6-4-9(5-7(2)10(6)21(14,18)19)20-8(3)11(16)15-12(13)17/h4-5,8H,1-3H3,(H2,14,18,19)(H3,13,15,16,17). The number of carbonyl (C=O) groups is 2. The molecule has 1 aromatic carbocycles. The van der Waals surface area contributed by atoms with E-state index in [1.165, 1.54) is 19.1 Å². The van der Waals surface area contributed by atoms with Crippen LogP contribution in [-0.2, 0) is 14.8 Å². The van der Waals surface area contributed by atoms with Crippen LogP contribution in [0, 0.1) is 13.8 Å². The summed E-state index contributed by atoms with van der Waals surface area (Å²) in [6.07, 6.45) is -0.975. The van der Waals surface area contributed by atoms with Crippen molar-refractivity contribution in [3.8, 4) is 5.75 Å². The van der Waals surface area contributed by atoms with Crippen LogP contribution in [0.15, 0.2) is 17.0 Å². The summed E-state index contributed by atoms with van der Waals surface area (Å²) in [4.78, 5) is 22.1. The number of rotatable bonds is 4. The van der Waals surface area contributed by atoms with Gasteiger partial charge in [0.2, 0.25) is 10.0 Å². The number of hydrogen-bond acceptors (Lipinski definition) is 5. The lowest BCUT2D eigenvalue weighted by molar-refractivity contribution is -0.126. The molecule has 1 atom stereocenters. The van der Waals surface area contributed by atoms with Crippen LogP contribution in [-0.4, -0.2) is 26.5 Å². The predicted octanol–water partition coefficient (Wildman–Crippen LogP) is -0.0870. The number of amides is 3. The molecule has 0 aliphatic heterocycles. The lowest BCUT2D eigenvalue weighted by Gasteiger charge is -2.16. The first-order chi connectivity index (χ1) is 9.52. The number of hydrogen-bond donors (Lipinski definition) is 3. The van der Waals surface area contributed by atoms with E-state index in [-0.39, 0.29) is 10.6 Å². The van der Waals surface area contributed by atoms with Crippen molar-refractivity contribution in [3.05, 3.63) is 23.3 Å². The Bertz CT molecular complexity index is 661. The van der Waals surface area contributed by atoms with Gasteiger partial charge in [0.15, 0.2) is 6.10 Å². The fourth-order valence-electron chi connectivity index (χ4n) is 1.91. The zero-order valence-corrected chi connectivity index (χ0v) is 12.7. The molecule has 1 unspecified atom stereocenters. The number of nitrogens with two attached hydrogens (primary N) is 2. The summed E-state index contributed by atoms with van der Waals surface area (Å²) < 4.78 is 28.3. The Kier molecular flexibility index (Phi) is 4.92. The minimum Gasteiger partial charge on any atom is -0.481 e. The fraction of sp³-hybridized carbons (Fsp3) is 0.333. The van der Waals surface area contributed by atoms with Crippen LogP contribution in [0.25, 0.3) is 0 Å². The van der Waals surface area contributed by atoms with Crippen molar-refractivity contribution in [1.82, 2.24) is 5.32 Å². The molecule has 0 aliphatic carbocycles. The summed E-state index contributed by atoms with van der Waals surface area (Å²) in [6, 6.07) is 1.91. The molecule has 0 radical (unpaired) electrons. The molecule has 0 bridgehead atoms. The number of nitrogens with one attached hydrogen (secondary N) is 1. The Labute approximate surface area is 122 Å². The van der Waals surface area contributed by atoms with Crippen molar-refractivity contribution >= 4 is 22.0 Å². The maximum Gasteiger partial charge on any atom is 0.318 e. The Hall–Kier alpha value is -2.13. The lowest BCUT2D eigenvalue weighted by atomic mass is 10.1. The molecule has 0 heterocycles. The highest BCUT2D eigenvalue weighted by atomic mass is 32.2. The van der Waals surface area contributed by atoms with E-state index in [0.29, 0.717) is 11.1 Å². The summed E-state index contributed by atoms with van der Waals surface area (Å²) in [5.74, 6) is -0.419. The van der Waals surface area contributed by atoms with Crippen LogP contribution in [0.4, 0.5) is 4.79 Å². The maximum atomic E-state index is 11.5. The van der Waals surface area contributed by atoms with Gasteiger partial charge in [0.25, 0.3) is 5.91 Å². The van der Waals surface area contributed by atoms with Gasteiger partial charge in [-0.1, -0.05) is 0 Å². The maximum absolute atomic E-state index is 11.5. The molecule has 0 aromatic heterocycles. The van der Waals surface area contributed by atoms with Crippen LogP contribution < -0.4 is 20.9 Å². The summed E-state index contributed by atoms with van der Waals surface area (Å²) in [5.41, 5.74) is 5.63. The fourth-order valence-corrected chi connectivity index (χ4v) is 2.92. The highest BCUT2D eigenvalue weighted by molar-refractivity contribution is 7.89. The first-order valence-corrected chi connectivity index (χ1v) is 7.48. The third-order valence-corrected chi connectivity index (χ3v) is 3.86. The molecular weight excluding hydrogens is 298 g/mol. The third kappa shape index (κ3) is 4.43. The van der Waals surface area contributed by atoms with Crippen molar-refractivity contribution in [2.45, 2.75) is 31.8 Å². The predicted molar refractivity (Wildman–Crippen MR) is 75.1 cm³/mol. The average Bonchev–Trinajstić information content (AvgIpc) is 2.24. The van der Waals surface area contributed by atoms with E-state index >= 15 is 0 Å². The molecule has 5 N–H and O–H groups in total. The van der Waals surface area contributed by atoms with Gasteiger partial charge in [0.1, 0.15) is 5.75 Å². The van der Waals surface area contributed by atoms with E-state index in [1.807, 2.05) is 5.32 Å². The van der Waals surface area contributed by atoms with E-state index in [0.717, 1.165) is 0 Å². The molecule has 1 aromatic rings. The monoisotopic (exact) mass is 315 g/mol. The molecule has 9 heteroatoms. The molecule has 3 amide bonds. The molecule has 116 valence electrons. The number of benzene rings is 1. The number of primary sulfonamides is 1. The first-order valence-electron chi connectivity index (χ1n) is 5.93. The van der Waals surface area contributed by atoms with Crippen LogP contribution in [0.3, 0.4) is 0 Å². The lowest BCUT2D eigenvalue weighted by Crippen LogP contribution is -2.42. The highest BCUT2D eigenvalue weighted by Crippen LogP contribution is 2.25. The molecular formula is C12H17N3O5S. The van der Waals surface area contributed by atoms with Crippen molar-refractivity contribution in [2.24, 2.45) is 10.9 Å². The summed E-state index contributed by atoms with van der Waals surface area (Å²) >= 11 is 0. The van der Waals surface area contributed by atoms with Crippen LogP contribution in [0.1, 0.15) is 18.1 Å². The second-order valence-corrected chi connectivity index (χ2v) is 6.04. The average molecular weight is 315 g/mol. The summed E-state index contributed by atoms with van der Waals surface area (Å²) in [5, 5.41) is 7.02. The molecule has 0 fully saturated rings. The van der Waals surface area contributed by atoms with Gasteiger partial charge in [-0.05, 0) is 44.0 Å². The Morgan fingerprint density at radius 2 is 1.71 bits per heavy atom. The zero-order valence-electron chi connectivity index (χ0n) is 11.8. The number of urea groups is 1. The van der Waals surface area contributed by atoms with Crippen LogP contribution >= 0.6 is 0 Å². The van der Waals surface area contributed by atoms with Gasteiger partial charge >= 0.3 is 6.03 Å². The molecule has 1 rings (SSSR count). The third-order valence-electron chi connectivity index (χ3n) is 2.65. The highest BCUT2D eigenvalue weighted by Gasteiger charge is 2.19. The normalized spacial score (nSPS) is 12.6. The van der Waals surface area contributed by atoms with Gasteiger partial charge in [-0.15, -0.1) is 0 Å². The zero-order chi connectivity index (χ0) is 16.4. The van der Waals surface area contributed by atoms with Gasteiger partial charge < -0.3 is 10.5 Å². The molecule has 0 saturated heterocycles. The van der Waals surface area contributed by atoms with E-state index in [9.17, 15) is 18.0 Å². The van der Waals surface area contributed by atoms with Crippen LogP contribution in [0.5, 0.6) is 5.75 Å². The van der Waals surface area contributed by atoms with E-state index in [2.05, 4.69) is 0 Å². The quantitative estimate of drug-likeness (QED) is 0.712. The minimum absolute atomic E-state index is 0.0177. The van der Waals surface area contributed by atoms with Crippen molar-refractivity contribution in [3.63, 3.8) is 0 Å². The Morgan fingerprint density at radius 3 is 2.10 bits per heavy atom. The largest absolute Gasteiger partial charge is 0.481 e. The summed E-state index contributed by atoms with van der Waals surface area (Å²) in [7, 11) is -3.84. The topological polar surface area (TPSA) is 142 Å². The van der Waals surface area contributed by atoms with Gasteiger partial charge in [-0.2, -0.15) is 0 Å². The van der Waals surface area contributed by atoms with E-state index in [4.69, 9.17) is 15.6 Å². The number of aryl methyl sites for hydroxylation is 2. The number of sulfonamides is 1. The van der Waals surface area contributed by atoms with Crippen LogP contribution in [0.2, 0.25) is 0 Å². The van der Waals surface area contributed by atoms with E-state index < -0.39 is 28.1 Å². The van der Waals surface area contributed by atoms with Gasteiger partial charge in [0, 0.05) is 0 Å². The number of ether oxygens (including phenoxy) is 1. The SMILES string of the molecule is Cc1cc(OC(C)C(=O)NC(N)=O)cc(C)c1S(N)(=O)=O. The van der Waals surface area contributed by atoms with Gasteiger partial charge in [0.05, 0.1) is 4.90 Å². The molecule has 0 saturated carbocycles. The van der Waals surface area contributed by atoms with E-state index in [1.54, 1.807) is 13.8 Å². The van der Waals surface area contributed by atoms with Crippen molar-refractivity contribution < 1.29 is 22.7 Å². The van der Waals surface area contributed by atoms with Gasteiger partial charge in [-0.25, -0.2) is 18.4 Å². The molecule has 0 spiro atoms. The Balaban J connectivity index is 3.02. The first kappa shape index (κ1) is 16.9. The second-order valence-electron chi connectivity index (χ2n) is 4.54. The molecule has 0 aliphatic rings. The number of primary amides is 1.